The van der Waals surface area contributed by atoms with E-state index in [1.54, 1.807) is 0 Å². The number of para-hydroxylation sites is 2. The predicted molar refractivity (Wildman–Crippen MR) is 328 cm³/mol. The molecule has 5 aliphatic rings. The molecule has 0 spiro atoms. The summed E-state index contributed by atoms with van der Waals surface area (Å²) in [7, 11) is 0. The van der Waals surface area contributed by atoms with Gasteiger partial charge in [0.2, 0.25) is 0 Å². The first-order chi connectivity index (χ1) is 38.2. The third-order valence-electron chi connectivity index (χ3n) is 16.7. The van der Waals surface area contributed by atoms with Gasteiger partial charge in [0.1, 0.15) is 0 Å². The zero-order valence-corrected chi connectivity index (χ0v) is 42.6. The number of hydrogen-bond acceptors (Lipinski definition) is 5. The second-order valence-electron chi connectivity index (χ2n) is 20.7. The standard InChI is InChI=1S/C70H44B2N4S/c1-5-17-45(18-6-1)49-31-37-53(38-32-49)73-57-42-36-51(47-21-9-3-10-22-47)43-56(57)72-66-60(73)27-15-30-63(66)76-59-26-14-13-25-58(59)75-62-29-16-28-61-65(62)71(69-67(75)68(76)70(72)77-69)55-41-35-52(48-23-11-4-12-24-48)44-64(55)74(61)54-39-33-50(34-40-54)46-19-7-2-8-20-46/h1-44H. The highest BCUT2D eigenvalue weighted by Crippen LogP contribution is 2.58. The highest BCUT2D eigenvalue weighted by molar-refractivity contribution is 7.39. The summed E-state index contributed by atoms with van der Waals surface area (Å²) in [4.78, 5) is 10.3. The Kier molecular flexibility index (Phi) is 9.15. The Bertz CT molecular complexity index is 4360. The quantitative estimate of drug-likeness (QED) is 0.154. The summed E-state index contributed by atoms with van der Waals surface area (Å²) >= 11 is 2.04. The van der Waals surface area contributed by atoms with Crippen molar-refractivity contribution in [2.75, 3.05) is 19.6 Å². The molecular formula is C70H44B2N4S. The highest BCUT2D eigenvalue weighted by Gasteiger charge is 2.53. The molecule has 11 aromatic carbocycles. The van der Waals surface area contributed by atoms with Crippen LogP contribution in [-0.2, 0) is 0 Å². The zero-order chi connectivity index (χ0) is 50.3. The molecule has 12 aromatic rings. The molecule has 0 radical (unpaired) electrons. The molecule has 5 aliphatic heterocycles. The Labute approximate surface area is 452 Å². The number of anilines is 12. The molecule has 77 heavy (non-hydrogen) atoms. The van der Waals surface area contributed by atoms with Gasteiger partial charge in [-0.25, -0.2) is 0 Å². The molecule has 4 nitrogen and oxygen atoms in total. The molecule has 0 aliphatic carbocycles. The SMILES string of the molecule is c1ccc(-c2ccc(N3c4ccc(-c5ccccc5)cc4B4c5sc6c7c5N(c5ccccc5N7c5cccc7c5B6c5ccc(-c6ccccc6)cc5N7c5ccc(-c6ccccc6)cc5)c5cccc3c54)cc2)cc1. The number of rotatable bonds is 6. The van der Waals surface area contributed by atoms with Crippen LogP contribution in [0.1, 0.15) is 0 Å². The van der Waals surface area contributed by atoms with Crippen molar-refractivity contribution >= 4 is 124 Å². The molecule has 1 aromatic heterocycles. The molecule has 0 saturated heterocycles. The summed E-state index contributed by atoms with van der Waals surface area (Å²) in [6, 6.07) is 99.2. The van der Waals surface area contributed by atoms with Crippen LogP contribution in [0.3, 0.4) is 0 Å². The molecule has 0 bridgehead atoms. The monoisotopic (exact) mass is 994 g/mol. The van der Waals surface area contributed by atoms with Gasteiger partial charge in [-0.1, -0.05) is 194 Å². The molecule has 7 heteroatoms. The zero-order valence-electron chi connectivity index (χ0n) is 41.8. The second-order valence-corrected chi connectivity index (χ2v) is 21.8. The fraction of sp³-hybridized carbons (Fsp3) is 0. The lowest BCUT2D eigenvalue weighted by atomic mass is 9.35. The molecule has 0 saturated carbocycles. The van der Waals surface area contributed by atoms with E-state index < -0.39 is 0 Å². The van der Waals surface area contributed by atoms with Crippen LogP contribution in [0.15, 0.2) is 267 Å². The van der Waals surface area contributed by atoms with Crippen molar-refractivity contribution in [3.05, 3.63) is 267 Å². The van der Waals surface area contributed by atoms with Crippen LogP contribution in [0.4, 0.5) is 68.2 Å². The molecular weight excluding hydrogens is 950 g/mol. The predicted octanol–water partition coefficient (Wildman–Crippen LogP) is 14.9. The van der Waals surface area contributed by atoms with Gasteiger partial charge in [-0.05, 0) is 139 Å². The average Bonchev–Trinajstić information content (AvgIpc) is 4.11. The van der Waals surface area contributed by atoms with Crippen LogP contribution in [-0.4, -0.2) is 13.4 Å². The fourth-order valence-electron chi connectivity index (χ4n) is 13.4. The molecule has 0 atom stereocenters. The topological polar surface area (TPSA) is 13.0 Å². The lowest BCUT2D eigenvalue weighted by Gasteiger charge is -2.49. The Morgan fingerprint density at radius 1 is 0.234 bits per heavy atom. The Balaban J connectivity index is 0.915. The molecule has 0 fully saturated rings. The smallest absolute Gasteiger partial charge is 0.264 e. The molecule has 356 valence electrons. The Morgan fingerprint density at radius 3 is 1.06 bits per heavy atom. The third-order valence-corrected chi connectivity index (χ3v) is 18.0. The van der Waals surface area contributed by atoms with Crippen molar-refractivity contribution in [3.8, 4) is 44.5 Å². The van der Waals surface area contributed by atoms with E-state index in [2.05, 4.69) is 287 Å². The van der Waals surface area contributed by atoms with Crippen LogP contribution >= 0.6 is 11.3 Å². The summed E-state index contributed by atoms with van der Waals surface area (Å²) < 4.78 is 2.77. The van der Waals surface area contributed by atoms with Gasteiger partial charge < -0.3 is 19.6 Å². The summed E-state index contributed by atoms with van der Waals surface area (Å²) in [5.74, 6) is 0. The minimum absolute atomic E-state index is 0.0178. The fourth-order valence-corrected chi connectivity index (χ4v) is 15.0. The summed E-state index contributed by atoms with van der Waals surface area (Å²) in [6.07, 6.45) is 0. The van der Waals surface area contributed by atoms with Crippen molar-refractivity contribution in [3.63, 3.8) is 0 Å². The molecule has 0 N–H and O–H groups in total. The molecule has 0 unspecified atom stereocenters. The molecule has 0 amide bonds. The minimum Gasteiger partial charge on any atom is -0.311 e. The van der Waals surface area contributed by atoms with Crippen molar-refractivity contribution in [1.29, 1.82) is 0 Å². The van der Waals surface area contributed by atoms with E-state index in [0.717, 1.165) is 11.4 Å². The van der Waals surface area contributed by atoms with Gasteiger partial charge in [0, 0.05) is 55.1 Å². The van der Waals surface area contributed by atoms with Crippen molar-refractivity contribution in [2.45, 2.75) is 0 Å². The molecule has 6 heterocycles. The normalized spacial score (nSPS) is 13.6. The maximum atomic E-state index is 2.63. The number of hydrogen-bond donors (Lipinski definition) is 0. The lowest BCUT2D eigenvalue weighted by Crippen LogP contribution is -2.61. The van der Waals surface area contributed by atoms with Crippen molar-refractivity contribution < 1.29 is 0 Å². The maximum Gasteiger partial charge on any atom is 0.264 e. The number of thiophene rings is 1. The van der Waals surface area contributed by atoms with E-state index in [4.69, 9.17) is 0 Å². The Morgan fingerprint density at radius 2 is 0.584 bits per heavy atom. The van der Waals surface area contributed by atoms with Gasteiger partial charge in [-0.3, -0.25) is 0 Å². The van der Waals surface area contributed by atoms with Gasteiger partial charge in [0.15, 0.2) is 0 Å². The van der Waals surface area contributed by atoms with Gasteiger partial charge in [0.05, 0.1) is 22.7 Å². The van der Waals surface area contributed by atoms with E-state index >= 15 is 0 Å². The van der Waals surface area contributed by atoms with Gasteiger partial charge in [-0.2, -0.15) is 11.3 Å². The first kappa shape index (κ1) is 42.8. The summed E-state index contributed by atoms with van der Waals surface area (Å²) in [5.41, 5.74) is 29.6. The van der Waals surface area contributed by atoms with Crippen LogP contribution in [0.2, 0.25) is 0 Å². The minimum atomic E-state index is -0.0283. The van der Waals surface area contributed by atoms with Crippen LogP contribution in [0.25, 0.3) is 44.5 Å². The first-order valence-electron chi connectivity index (χ1n) is 26.7. The molecule has 17 rings (SSSR count). The highest BCUT2D eigenvalue weighted by atomic mass is 32.1. The van der Waals surface area contributed by atoms with E-state index in [1.165, 1.54) is 133 Å². The van der Waals surface area contributed by atoms with Crippen molar-refractivity contribution in [2.24, 2.45) is 0 Å². The average molecular weight is 995 g/mol. The lowest BCUT2D eigenvalue weighted by molar-refractivity contribution is 1.18. The first-order valence-corrected chi connectivity index (χ1v) is 27.5. The summed E-state index contributed by atoms with van der Waals surface area (Å²) in [6.45, 7) is -0.0462. The largest absolute Gasteiger partial charge is 0.311 e. The Hall–Kier alpha value is -9.55. The number of fused-ring (bicyclic) bond motifs is 11. The van der Waals surface area contributed by atoms with E-state index in [0.29, 0.717) is 0 Å². The second kappa shape index (κ2) is 16.5. The van der Waals surface area contributed by atoms with Crippen molar-refractivity contribution in [1.82, 2.24) is 0 Å². The van der Waals surface area contributed by atoms with Crippen LogP contribution in [0, 0.1) is 0 Å². The summed E-state index contributed by atoms with van der Waals surface area (Å²) in [5, 5.41) is 0. The van der Waals surface area contributed by atoms with E-state index in [-0.39, 0.29) is 13.4 Å². The van der Waals surface area contributed by atoms with E-state index in [9.17, 15) is 0 Å². The number of nitrogens with zero attached hydrogens (tertiary/aromatic N) is 4. The third kappa shape index (κ3) is 6.17. The maximum absolute atomic E-state index is 2.63. The number of benzene rings is 11. The van der Waals surface area contributed by atoms with Gasteiger partial charge >= 0.3 is 0 Å². The van der Waals surface area contributed by atoms with Crippen LogP contribution < -0.4 is 51.0 Å². The van der Waals surface area contributed by atoms with Gasteiger partial charge in [0.25, 0.3) is 13.4 Å². The van der Waals surface area contributed by atoms with E-state index in [1.807, 2.05) is 11.3 Å². The van der Waals surface area contributed by atoms with Gasteiger partial charge in [-0.15, -0.1) is 0 Å². The van der Waals surface area contributed by atoms with Crippen LogP contribution in [0.5, 0.6) is 0 Å².